The van der Waals surface area contributed by atoms with E-state index in [-0.39, 0.29) is 43.0 Å². The number of piperazine rings is 1. The average molecular weight is 428 g/mol. The Morgan fingerprint density at radius 1 is 1.00 bits per heavy atom. The lowest BCUT2D eigenvalue weighted by atomic mass is 10.1. The molecule has 1 fully saturated rings. The number of nitrogens with zero attached hydrogens (tertiary/aromatic N) is 2. The Bertz CT molecular complexity index is 797. The molecule has 0 saturated carbocycles. The summed E-state index contributed by atoms with van der Waals surface area (Å²) in [5.74, 6) is -0.527. The minimum Gasteiger partial charge on any atom is -0.376 e. The molecule has 5 nitrogen and oxygen atoms in total. The van der Waals surface area contributed by atoms with E-state index in [4.69, 9.17) is 0 Å². The summed E-state index contributed by atoms with van der Waals surface area (Å²) in [7, 11) is 0. The monoisotopic (exact) mass is 427 g/mol. The van der Waals surface area contributed by atoms with E-state index >= 15 is 0 Å². The molecule has 1 aliphatic rings. The zero-order valence-electron chi connectivity index (χ0n) is 15.6. The van der Waals surface area contributed by atoms with Crippen molar-refractivity contribution in [2.45, 2.75) is 6.92 Å². The van der Waals surface area contributed by atoms with Crippen LogP contribution in [0.5, 0.6) is 0 Å². The fraction of sp³-hybridized carbons (Fsp3) is 0.300. The molecule has 1 aliphatic heterocycles. The number of hydrogen-bond donors (Lipinski definition) is 1. The fourth-order valence-corrected chi connectivity index (χ4v) is 3.02. The van der Waals surface area contributed by atoms with Crippen LogP contribution in [0.1, 0.15) is 17.3 Å². The zero-order chi connectivity index (χ0) is 18.5. The van der Waals surface area contributed by atoms with Crippen molar-refractivity contribution in [3.05, 3.63) is 59.9 Å². The van der Waals surface area contributed by atoms with Crippen molar-refractivity contribution in [2.75, 3.05) is 42.9 Å². The van der Waals surface area contributed by atoms with Gasteiger partial charge in [-0.3, -0.25) is 9.59 Å². The van der Waals surface area contributed by atoms with Gasteiger partial charge in [-0.05, 0) is 37.3 Å². The van der Waals surface area contributed by atoms with E-state index in [0.717, 1.165) is 5.69 Å². The lowest BCUT2D eigenvalue weighted by Crippen LogP contribution is -2.50. The van der Waals surface area contributed by atoms with E-state index < -0.39 is 5.82 Å². The molecule has 0 unspecified atom stereocenters. The van der Waals surface area contributed by atoms with Gasteiger partial charge in [0.1, 0.15) is 5.82 Å². The molecule has 0 aromatic heterocycles. The maximum Gasteiger partial charge on any atom is 0.241 e. The summed E-state index contributed by atoms with van der Waals surface area (Å²) >= 11 is 0. The van der Waals surface area contributed by atoms with Crippen LogP contribution < -0.4 is 10.2 Å². The minimum atomic E-state index is -0.400. The Kier molecular flexibility index (Phi) is 9.22. The van der Waals surface area contributed by atoms with Crippen molar-refractivity contribution in [1.29, 1.82) is 0 Å². The van der Waals surface area contributed by atoms with Crippen LogP contribution in [0.15, 0.2) is 48.5 Å². The third kappa shape index (κ3) is 5.84. The highest BCUT2D eigenvalue weighted by Gasteiger charge is 2.23. The summed E-state index contributed by atoms with van der Waals surface area (Å²) in [6.45, 7) is 3.88. The highest BCUT2D eigenvalue weighted by molar-refractivity contribution is 5.94. The Hall–Kier alpha value is -2.31. The van der Waals surface area contributed by atoms with Gasteiger partial charge in [0.2, 0.25) is 5.91 Å². The quantitative estimate of drug-likeness (QED) is 0.740. The fourth-order valence-electron chi connectivity index (χ4n) is 3.02. The SMILES string of the molecule is CC(=O)c1ccc(N2CCN(C(=O)CNc3ccccc3)CC2)c(F)c1.Cl.Cl. The molecule has 0 atom stereocenters. The van der Waals surface area contributed by atoms with Crippen LogP contribution in [0.25, 0.3) is 0 Å². The van der Waals surface area contributed by atoms with Gasteiger partial charge < -0.3 is 15.1 Å². The number of hydrogen-bond acceptors (Lipinski definition) is 4. The Morgan fingerprint density at radius 3 is 2.21 bits per heavy atom. The molecule has 1 saturated heterocycles. The number of benzene rings is 2. The molecular formula is C20H24Cl2FN3O2. The van der Waals surface area contributed by atoms with Gasteiger partial charge in [-0.15, -0.1) is 24.8 Å². The van der Waals surface area contributed by atoms with Gasteiger partial charge in [0.15, 0.2) is 5.78 Å². The second-order valence-electron chi connectivity index (χ2n) is 6.31. The molecule has 0 radical (unpaired) electrons. The predicted molar refractivity (Wildman–Crippen MR) is 115 cm³/mol. The number of Topliss-reactive ketones (excluding diaryl/α,β-unsaturated/α-hetero) is 1. The standard InChI is InChI=1S/C20H22FN3O2.2ClH/c1-15(25)16-7-8-19(18(21)13-16)23-9-11-24(12-10-23)20(26)14-22-17-5-3-2-4-6-17;;/h2-8,13,22H,9-12,14H2,1H3;2*1H. The van der Waals surface area contributed by atoms with Gasteiger partial charge >= 0.3 is 0 Å². The number of rotatable bonds is 5. The number of halogens is 3. The first-order chi connectivity index (χ1) is 12.5. The molecule has 8 heteroatoms. The third-order valence-electron chi connectivity index (χ3n) is 4.54. The predicted octanol–water partition coefficient (Wildman–Crippen LogP) is 3.63. The number of ketones is 1. The third-order valence-corrected chi connectivity index (χ3v) is 4.54. The number of para-hydroxylation sites is 1. The average Bonchev–Trinajstić information content (AvgIpc) is 2.67. The molecule has 0 bridgehead atoms. The molecule has 1 N–H and O–H groups in total. The van der Waals surface area contributed by atoms with Gasteiger partial charge in [-0.25, -0.2) is 4.39 Å². The van der Waals surface area contributed by atoms with Crippen molar-refractivity contribution >= 4 is 47.9 Å². The van der Waals surface area contributed by atoms with Crippen molar-refractivity contribution in [1.82, 2.24) is 4.90 Å². The van der Waals surface area contributed by atoms with Gasteiger partial charge in [0, 0.05) is 37.4 Å². The Balaban J connectivity index is 0.00000196. The van der Waals surface area contributed by atoms with Gasteiger partial charge in [0.25, 0.3) is 0 Å². The summed E-state index contributed by atoms with van der Waals surface area (Å²) in [5, 5.41) is 3.11. The lowest BCUT2D eigenvalue weighted by molar-refractivity contribution is -0.129. The largest absolute Gasteiger partial charge is 0.376 e. The first kappa shape index (κ1) is 23.7. The highest BCUT2D eigenvalue weighted by atomic mass is 35.5. The molecule has 2 aromatic carbocycles. The first-order valence-electron chi connectivity index (χ1n) is 8.67. The van der Waals surface area contributed by atoms with Crippen LogP contribution in [0.2, 0.25) is 0 Å². The van der Waals surface area contributed by atoms with Crippen LogP contribution in [0.4, 0.5) is 15.8 Å². The summed E-state index contributed by atoms with van der Waals surface area (Å²) in [6.07, 6.45) is 0. The van der Waals surface area contributed by atoms with Crippen LogP contribution in [0, 0.1) is 5.82 Å². The van der Waals surface area contributed by atoms with E-state index in [9.17, 15) is 14.0 Å². The smallest absolute Gasteiger partial charge is 0.241 e. The normalized spacial score (nSPS) is 13.2. The minimum absolute atomic E-state index is 0. The summed E-state index contributed by atoms with van der Waals surface area (Å²) in [6, 6.07) is 14.1. The van der Waals surface area contributed by atoms with Crippen LogP contribution in [-0.4, -0.2) is 49.3 Å². The van der Waals surface area contributed by atoms with Crippen LogP contribution >= 0.6 is 24.8 Å². The van der Waals surface area contributed by atoms with Crippen molar-refractivity contribution in [3.8, 4) is 0 Å². The molecule has 0 aliphatic carbocycles. The van der Waals surface area contributed by atoms with Gasteiger partial charge in [-0.1, -0.05) is 18.2 Å². The van der Waals surface area contributed by atoms with E-state index in [1.807, 2.05) is 35.2 Å². The van der Waals surface area contributed by atoms with E-state index in [1.165, 1.54) is 13.0 Å². The molecule has 3 rings (SSSR count). The molecular weight excluding hydrogens is 404 g/mol. The number of nitrogens with one attached hydrogen (secondary N) is 1. The Labute approximate surface area is 176 Å². The molecule has 0 spiro atoms. The maximum absolute atomic E-state index is 14.3. The first-order valence-corrected chi connectivity index (χ1v) is 8.67. The highest BCUT2D eigenvalue weighted by Crippen LogP contribution is 2.22. The topological polar surface area (TPSA) is 52.7 Å². The maximum atomic E-state index is 14.3. The van der Waals surface area contributed by atoms with Crippen LogP contribution in [-0.2, 0) is 4.79 Å². The van der Waals surface area contributed by atoms with Crippen molar-refractivity contribution < 1.29 is 14.0 Å². The number of amides is 1. The van der Waals surface area contributed by atoms with E-state index in [2.05, 4.69) is 5.32 Å². The van der Waals surface area contributed by atoms with Crippen molar-refractivity contribution in [2.24, 2.45) is 0 Å². The number of carbonyl (C=O) groups excluding carboxylic acids is 2. The lowest BCUT2D eigenvalue weighted by Gasteiger charge is -2.36. The summed E-state index contributed by atoms with van der Waals surface area (Å²) in [4.78, 5) is 27.4. The second-order valence-corrected chi connectivity index (χ2v) is 6.31. The molecule has 2 aromatic rings. The van der Waals surface area contributed by atoms with E-state index in [0.29, 0.717) is 37.4 Å². The van der Waals surface area contributed by atoms with Crippen molar-refractivity contribution in [3.63, 3.8) is 0 Å². The number of carbonyl (C=O) groups is 2. The van der Waals surface area contributed by atoms with Crippen LogP contribution in [0.3, 0.4) is 0 Å². The second kappa shape index (κ2) is 10.9. The molecule has 152 valence electrons. The van der Waals surface area contributed by atoms with Gasteiger partial charge in [-0.2, -0.15) is 0 Å². The number of anilines is 2. The molecule has 1 heterocycles. The molecule has 1 amide bonds. The van der Waals surface area contributed by atoms with E-state index in [1.54, 1.807) is 17.0 Å². The Morgan fingerprint density at radius 2 is 1.64 bits per heavy atom. The summed E-state index contributed by atoms with van der Waals surface area (Å²) in [5.41, 5.74) is 1.75. The molecule has 28 heavy (non-hydrogen) atoms. The zero-order valence-corrected chi connectivity index (χ0v) is 17.2. The summed E-state index contributed by atoms with van der Waals surface area (Å²) < 4.78 is 14.3. The van der Waals surface area contributed by atoms with Gasteiger partial charge in [0.05, 0.1) is 12.2 Å².